The van der Waals surface area contributed by atoms with Crippen LogP contribution >= 0.6 is 11.3 Å². The van der Waals surface area contributed by atoms with Crippen LogP contribution < -0.4 is 10.1 Å². The highest BCUT2D eigenvalue weighted by atomic mass is 32.1. The van der Waals surface area contributed by atoms with Crippen molar-refractivity contribution >= 4 is 11.3 Å². The van der Waals surface area contributed by atoms with Crippen LogP contribution in [0.25, 0.3) is 10.7 Å². The maximum Gasteiger partial charge on any atom is 0.216 e. The molecule has 0 atom stereocenters. The zero-order valence-electron chi connectivity index (χ0n) is 12.1. The fraction of sp³-hybridized carbons (Fsp3) is 0.500. The molecular weight excluding hydrogens is 272 g/mol. The molecule has 0 spiro atoms. The summed E-state index contributed by atoms with van der Waals surface area (Å²) in [4.78, 5) is 14.3. The van der Waals surface area contributed by atoms with E-state index in [4.69, 9.17) is 4.74 Å². The van der Waals surface area contributed by atoms with E-state index in [-0.39, 0.29) is 0 Å². The Kier molecular flexibility index (Phi) is 5.43. The number of aryl methyl sites for hydroxylation is 1. The fourth-order valence-electron chi connectivity index (χ4n) is 1.85. The Morgan fingerprint density at radius 3 is 2.85 bits per heavy atom. The third kappa shape index (κ3) is 3.52. The highest BCUT2D eigenvalue weighted by molar-refractivity contribution is 7.15. The molecule has 2 aromatic rings. The van der Waals surface area contributed by atoms with Gasteiger partial charge in [-0.2, -0.15) is 0 Å². The number of hydrogen-bond acceptors (Lipinski definition) is 6. The van der Waals surface area contributed by atoms with Gasteiger partial charge in [0.15, 0.2) is 0 Å². The molecule has 0 aliphatic carbocycles. The van der Waals surface area contributed by atoms with E-state index in [1.807, 2.05) is 6.07 Å². The lowest BCUT2D eigenvalue weighted by molar-refractivity contribution is 0.397. The summed E-state index contributed by atoms with van der Waals surface area (Å²) in [6, 6.07) is 1.82. The van der Waals surface area contributed by atoms with Crippen molar-refractivity contribution in [3.05, 3.63) is 23.0 Å². The number of methoxy groups -OCH3 is 1. The number of aromatic nitrogens is 3. The van der Waals surface area contributed by atoms with E-state index in [0.29, 0.717) is 5.88 Å². The molecule has 0 saturated carbocycles. The van der Waals surface area contributed by atoms with E-state index in [2.05, 4.69) is 34.1 Å². The summed E-state index contributed by atoms with van der Waals surface area (Å²) >= 11 is 1.69. The predicted octanol–water partition coefficient (Wildman–Crippen LogP) is 2.67. The molecule has 6 heteroatoms. The topological polar surface area (TPSA) is 59.9 Å². The molecule has 0 fully saturated rings. The SMILES string of the molecule is CCCNCc1sc(-c2cc(OC)ncn2)nc1CC. The first-order valence-corrected chi connectivity index (χ1v) is 7.65. The Morgan fingerprint density at radius 1 is 1.30 bits per heavy atom. The Hall–Kier alpha value is -1.53. The minimum Gasteiger partial charge on any atom is -0.481 e. The second-order valence-electron chi connectivity index (χ2n) is 4.36. The molecule has 2 rings (SSSR count). The van der Waals surface area contributed by atoms with Crippen molar-refractivity contribution in [3.63, 3.8) is 0 Å². The van der Waals surface area contributed by atoms with E-state index >= 15 is 0 Å². The number of ether oxygens (including phenoxy) is 1. The van der Waals surface area contributed by atoms with Gasteiger partial charge in [0, 0.05) is 17.5 Å². The number of nitrogens with zero attached hydrogens (tertiary/aromatic N) is 3. The van der Waals surface area contributed by atoms with E-state index < -0.39 is 0 Å². The van der Waals surface area contributed by atoms with E-state index in [0.717, 1.165) is 42.3 Å². The predicted molar refractivity (Wildman–Crippen MR) is 81.1 cm³/mol. The summed E-state index contributed by atoms with van der Waals surface area (Å²) < 4.78 is 5.13. The monoisotopic (exact) mass is 292 g/mol. The van der Waals surface area contributed by atoms with Crippen molar-refractivity contribution in [1.82, 2.24) is 20.3 Å². The summed E-state index contributed by atoms with van der Waals surface area (Å²) in [5.74, 6) is 0.564. The number of nitrogens with one attached hydrogen (secondary N) is 1. The highest BCUT2D eigenvalue weighted by Crippen LogP contribution is 2.28. The van der Waals surface area contributed by atoms with Crippen LogP contribution in [0.3, 0.4) is 0 Å². The van der Waals surface area contributed by atoms with Crippen LogP contribution in [0, 0.1) is 0 Å². The number of thiazole rings is 1. The molecule has 0 aliphatic heterocycles. The fourth-order valence-corrected chi connectivity index (χ4v) is 2.94. The molecule has 20 heavy (non-hydrogen) atoms. The van der Waals surface area contributed by atoms with Crippen LogP contribution in [0.1, 0.15) is 30.8 Å². The molecule has 2 aromatic heterocycles. The lowest BCUT2D eigenvalue weighted by Crippen LogP contribution is -2.13. The van der Waals surface area contributed by atoms with Crippen molar-refractivity contribution in [2.24, 2.45) is 0 Å². The van der Waals surface area contributed by atoms with Crippen LogP contribution in [0.4, 0.5) is 0 Å². The molecule has 0 unspecified atom stereocenters. The molecule has 2 heterocycles. The Labute approximate surface area is 123 Å². The first-order valence-electron chi connectivity index (χ1n) is 6.84. The smallest absolute Gasteiger partial charge is 0.216 e. The van der Waals surface area contributed by atoms with E-state index in [1.54, 1.807) is 18.4 Å². The molecule has 0 aromatic carbocycles. The zero-order chi connectivity index (χ0) is 14.4. The van der Waals surface area contributed by atoms with Gasteiger partial charge in [0.25, 0.3) is 0 Å². The van der Waals surface area contributed by atoms with Crippen LogP contribution in [-0.2, 0) is 13.0 Å². The minimum atomic E-state index is 0.564. The lowest BCUT2D eigenvalue weighted by Gasteiger charge is -2.01. The third-order valence-electron chi connectivity index (χ3n) is 2.90. The van der Waals surface area contributed by atoms with Gasteiger partial charge in [0.2, 0.25) is 5.88 Å². The van der Waals surface area contributed by atoms with Gasteiger partial charge in [0.05, 0.1) is 12.8 Å². The third-order valence-corrected chi connectivity index (χ3v) is 4.02. The first kappa shape index (κ1) is 14.9. The molecule has 5 nitrogen and oxygen atoms in total. The van der Waals surface area contributed by atoms with Gasteiger partial charge < -0.3 is 10.1 Å². The largest absolute Gasteiger partial charge is 0.481 e. The second kappa shape index (κ2) is 7.31. The number of rotatable bonds is 7. The summed E-state index contributed by atoms with van der Waals surface area (Å²) in [6.45, 7) is 6.19. The van der Waals surface area contributed by atoms with Gasteiger partial charge in [-0.15, -0.1) is 11.3 Å². The zero-order valence-corrected chi connectivity index (χ0v) is 13.0. The van der Waals surface area contributed by atoms with Crippen LogP contribution in [0.15, 0.2) is 12.4 Å². The van der Waals surface area contributed by atoms with Crippen molar-refractivity contribution < 1.29 is 4.74 Å². The van der Waals surface area contributed by atoms with Gasteiger partial charge in [-0.25, -0.2) is 15.0 Å². The summed E-state index contributed by atoms with van der Waals surface area (Å²) in [6.07, 6.45) is 3.58. The molecule has 108 valence electrons. The Bertz CT molecular complexity index is 556. The lowest BCUT2D eigenvalue weighted by atomic mass is 10.3. The highest BCUT2D eigenvalue weighted by Gasteiger charge is 2.12. The van der Waals surface area contributed by atoms with Gasteiger partial charge in [-0.3, -0.25) is 0 Å². The average Bonchev–Trinajstić information content (AvgIpc) is 2.91. The average molecular weight is 292 g/mol. The maximum absolute atomic E-state index is 5.13. The van der Waals surface area contributed by atoms with Gasteiger partial charge >= 0.3 is 0 Å². The molecule has 0 amide bonds. The van der Waals surface area contributed by atoms with Crippen molar-refractivity contribution in [2.45, 2.75) is 33.2 Å². The van der Waals surface area contributed by atoms with Gasteiger partial charge in [-0.1, -0.05) is 13.8 Å². The van der Waals surface area contributed by atoms with E-state index in [1.165, 1.54) is 11.2 Å². The van der Waals surface area contributed by atoms with Crippen LogP contribution in [0.2, 0.25) is 0 Å². The summed E-state index contributed by atoms with van der Waals surface area (Å²) in [5, 5.41) is 4.35. The Morgan fingerprint density at radius 2 is 2.15 bits per heavy atom. The molecule has 0 saturated heterocycles. The second-order valence-corrected chi connectivity index (χ2v) is 5.45. The standard InChI is InChI=1S/C14H20N4OS/c1-4-6-15-8-12-10(5-2)18-14(20-12)11-7-13(19-3)17-9-16-11/h7,9,15H,4-6,8H2,1-3H3. The van der Waals surface area contributed by atoms with Crippen molar-refractivity contribution in [1.29, 1.82) is 0 Å². The van der Waals surface area contributed by atoms with Crippen molar-refractivity contribution in [2.75, 3.05) is 13.7 Å². The van der Waals surface area contributed by atoms with Gasteiger partial charge in [-0.05, 0) is 19.4 Å². The maximum atomic E-state index is 5.13. The number of hydrogen-bond donors (Lipinski definition) is 1. The summed E-state index contributed by atoms with van der Waals surface area (Å²) in [7, 11) is 1.60. The molecule has 1 N–H and O–H groups in total. The van der Waals surface area contributed by atoms with Crippen molar-refractivity contribution in [3.8, 4) is 16.6 Å². The first-order chi connectivity index (χ1) is 9.78. The quantitative estimate of drug-likeness (QED) is 0.795. The van der Waals surface area contributed by atoms with Gasteiger partial charge in [0.1, 0.15) is 17.0 Å². The summed E-state index contributed by atoms with van der Waals surface area (Å²) in [5.41, 5.74) is 1.96. The molecular formula is C14H20N4OS. The normalized spacial score (nSPS) is 10.8. The van der Waals surface area contributed by atoms with Crippen LogP contribution in [-0.4, -0.2) is 28.6 Å². The molecule has 0 aliphatic rings. The molecule has 0 bridgehead atoms. The minimum absolute atomic E-state index is 0.564. The molecule has 0 radical (unpaired) electrons. The Balaban J connectivity index is 2.23. The van der Waals surface area contributed by atoms with E-state index in [9.17, 15) is 0 Å². The van der Waals surface area contributed by atoms with Crippen LogP contribution in [0.5, 0.6) is 5.88 Å².